The molecule has 0 aromatic heterocycles. The Morgan fingerprint density at radius 3 is 2.81 bits per heavy atom. The lowest BCUT2D eigenvalue weighted by atomic mass is 10.1. The molecule has 1 unspecified atom stereocenters. The monoisotopic (exact) mass is 284 g/mol. The highest BCUT2D eigenvalue weighted by Crippen LogP contribution is 2.28. The predicted molar refractivity (Wildman–Crippen MR) is 69.7 cm³/mol. The number of benzene rings is 1. The standard InChI is InChI=1S/C13H17BrO2/c1-4-9(2)8-16-13-6-5-11(14)7-12(13)10(3)15/h5-7,10,15H,2,4,8H2,1,3H3. The van der Waals surface area contributed by atoms with Crippen LogP contribution in [0.1, 0.15) is 31.9 Å². The van der Waals surface area contributed by atoms with Gasteiger partial charge in [-0.3, -0.25) is 0 Å². The Hall–Kier alpha value is -0.800. The van der Waals surface area contributed by atoms with E-state index in [2.05, 4.69) is 22.5 Å². The first-order valence-corrected chi connectivity index (χ1v) is 6.10. The lowest BCUT2D eigenvalue weighted by molar-refractivity contribution is 0.192. The Kier molecular flexibility index (Phi) is 5.03. The summed E-state index contributed by atoms with van der Waals surface area (Å²) < 4.78 is 6.56. The molecule has 0 saturated heterocycles. The minimum atomic E-state index is -0.539. The van der Waals surface area contributed by atoms with Gasteiger partial charge in [-0.15, -0.1) is 0 Å². The zero-order chi connectivity index (χ0) is 12.1. The highest BCUT2D eigenvalue weighted by atomic mass is 79.9. The first kappa shape index (κ1) is 13.3. The summed E-state index contributed by atoms with van der Waals surface area (Å²) in [5, 5.41) is 9.63. The van der Waals surface area contributed by atoms with Crippen molar-refractivity contribution in [2.75, 3.05) is 6.61 Å². The van der Waals surface area contributed by atoms with Crippen LogP contribution in [0.25, 0.3) is 0 Å². The van der Waals surface area contributed by atoms with Crippen molar-refractivity contribution in [3.63, 3.8) is 0 Å². The Labute approximate surface area is 105 Å². The van der Waals surface area contributed by atoms with E-state index in [1.54, 1.807) is 6.92 Å². The average molecular weight is 285 g/mol. The molecule has 0 aliphatic rings. The van der Waals surface area contributed by atoms with Crippen molar-refractivity contribution >= 4 is 15.9 Å². The van der Waals surface area contributed by atoms with Crippen molar-refractivity contribution in [2.24, 2.45) is 0 Å². The van der Waals surface area contributed by atoms with Crippen LogP contribution in [0.3, 0.4) is 0 Å². The second-order valence-corrected chi connectivity index (χ2v) is 4.67. The normalized spacial score (nSPS) is 12.2. The van der Waals surface area contributed by atoms with Crippen molar-refractivity contribution in [1.29, 1.82) is 0 Å². The summed E-state index contributed by atoms with van der Waals surface area (Å²) in [5.41, 5.74) is 1.83. The van der Waals surface area contributed by atoms with Gasteiger partial charge in [-0.2, -0.15) is 0 Å². The van der Waals surface area contributed by atoms with Crippen LogP contribution < -0.4 is 4.74 Å². The summed E-state index contributed by atoms with van der Waals surface area (Å²) in [4.78, 5) is 0. The molecule has 0 fully saturated rings. The van der Waals surface area contributed by atoms with Gasteiger partial charge in [0.2, 0.25) is 0 Å². The van der Waals surface area contributed by atoms with E-state index in [1.165, 1.54) is 0 Å². The van der Waals surface area contributed by atoms with E-state index >= 15 is 0 Å². The van der Waals surface area contributed by atoms with Gasteiger partial charge in [0.05, 0.1) is 6.10 Å². The Morgan fingerprint density at radius 1 is 1.56 bits per heavy atom. The van der Waals surface area contributed by atoms with Crippen LogP contribution in [0.5, 0.6) is 5.75 Å². The van der Waals surface area contributed by atoms with Gasteiger partial charge < -0.3 is 9.84 Å². The third kappa shape index (κ3) is 3.65. The number of hydrogen-bond acceptors (Lipinski definition) is 2. The molecule has 1 N–H and O–H groups in total. The fraction of sp³-hybridized carbons (Fsp3) is 0.385. The number of rotatable bonds is 5. The van der Waals surface area contributed by atoms with Crippen LogP contribution in [0.4, 0.5) is 0 Å². The largest absolute Gasteiger partial charge is 0.489 e. The van der Waals surface area contributed by atoms with E-state index in [0.29, 0.717) is 12.4 Å². The van der Waals surface area contributed by atoms with Crippen molar-refractivity contribution in [3.05, 3.63) is 40.4 Å². The van der Waals surface area contributed by atoms with Crippen molar-refractivity contribution in [2.45, 2.75) is 26.4 Å². The van der Waals surface area contributed by atoms with E-state index in [9.17, 15) is 5.11 Å². The van der Waals surface area contributed by atoms with E-state index in [0.717, 1.165) is 22.0 Å². The van der Waals surface area contributed by atoms with Gasteiger partial charge in [-0.25, -0.2) is 0 Å². The maximum absolute atomic E-state index is 9.63. The van der Waals surface area contributed by atoms with Crippen molar-refractivity contribution in [3.8, 4) is 5.75 Å². The van der Waals surface area contributed by atoms with Crippen LogP contribution in [0, 0.1) is 0 Å². The highest BCUT2D eigenvalue weighted by molar-refractivity contribution is 9.10. The molecule has 16 heavy (non-hydrogen) atoms. The van der Waals surface area contributed by atoms with Gasteiger partial charge in [-0.05, 0) is 37.1 Å². The van der Waals surface area contributed by atoms with Gasteiger partial charge in [0.25, 0.3) is 0 Å². The van der Waals surface area contributed by atoms with Crippen LogP contribution in [0.2, 0.25) is 0 Å². The molecule has 88 valence electrons. The number of hydrogen-bond donors (Lipinski definition) is 1. The summed E-state index contributed by atoms with van der Waals surface area (Å²) in [5.74, 6) is 0.716. The molecule has 0 heterocycles. The van der Waals surface area contributed by atoms with E-state index < -0.39 is 6.10 Å². The second kappa shape index (κ2) is 6.06. The lowest BCUT2D eigenvalue weighted by Crippen LogP contribution is -2.03. The summed E-state index contributed by atoms with van der Waals surface area (Å²) in [6.07, 6.45) is 0.364. The topological polar surface area (TPSA) is 29.5 Å². The molecule has 3 heteroatoms. The summed E-state index contributed by atoms with van der Waals surface area (Å²) in [6.45, 7) is 8.15. The lowest BCUT2D eigenvalue weighted by Gasteiger charge is -2.14. The van der Waals surface area contributed by atoms with Crippen molar-refractivity contribution in [1.82, 2.24) is 0 Å². The molecule has 0 bridgehead atoms. The van der Waals surface area contributed by atoms with Crippen LogP contribution in [0.15, 0.2) is 34.8 Å². The molecule has 1 aromatic rings. The number of ether oxygens (including phenoxy) is 1. The van der Waals surface area contributed by atoms with Gasteiger partial charge in [0.1, 0.15) is 12.4 Å². The molecule has 0 aliphatic heterocycles. The molecular formula is C13H17BrO2. The molecule has 2 nitrogen and oxygen atoms in total. The quantitative estimate of drug-likeness (QED) is 0.833. The summed E-state index contributed by atoms with van der Waals surface area (Å²) >= 11 is 3.37. The van der Waals surface area contributed by atoms with E-state index in [-0.39, 0.29) is 0 Å². The molecular weight excluding hydrogens is 268 g/mol. The molecule has 1 rings (SSSR count). The van der Waals surface area contributed by atoms with Gasteiger partial charge in [0.15, 0.2) is 0 Å². The molecule has 0 spiro atoms. The Bertz CT molecular complexity index is 372. The molecule has 1 atom stereocenters. The van der Waals surface area contributed by atoms with Crippen LogP contribution in [-0.4, -0.2) is 11.7 Å². The third-order valence-electron chi connectivity index (χ3n) is 2.35. The van der Waals surface area contributed by atoms with Crippen LogP contribution >= 0.6 is 15.9 Å². The Morgan fingerprint density at radius 2 is 2.25 bits per heavy atom. The number of aliphatic hydroxyl groups excluding tert-OH is 1. The number of halogens is 1. The van der Waals surface area contributed by atoms with E-state index in [1.807, 2.05) is 25.1 Å². The zero-order valence-electron chi connectivity index (χ0n) is 9.66. The molecule has 0 aliphatic carbocycles. The maximum Gasteiger partial charge on any atom is 0.125 e. The molecule has 1 aromatic carbocycles. The SMILES string of the molecule is C=C(CC)COc1ccc(Br)cc1C(C)O. The highest BCUT2D eigenvalue weighted by Gasteiger charge is 2.09. The number of aliphatic hydroxyl groups is 1. The molecule has 0 radical (unpaired) electrons. The molecule has 0 saturated carbocycles. The fourth-order valence-corrected chi connectivity index (χ4v) is 1.64. The Balaban J connectivity index is 2.82. The third-order valence-corrected chi connectivity index (χ3v) is 2.85. The van der Waals surface area contributed by atoms with Gasteiger partial charge in [0, 0.05) is 10.0 Å². The second-order valence-electron chi connectivity index (χ2n) is 3.75. The van der Waals surface area contributed by atoms with E-state index in [4.69, 9.17) is 4.74 Å². The zero-order valence-corrected chi connectivity index (χ0v) is 11.3. The van der Waals surface area contributed by atoms with Gasteiger partial charge in [-0.1, -0.05) is 29.4 Å². The van der Waals surface area contributed by atoms with Crippen LogP contribution in [-0.2, 0) is 0 Å². The summed E-state index contributed by atoms with van der Waals surface area (Å²) in [6, 6.07) is 5.62. The van der Waals surface area contributed by atoms with Crippen molar-refractivity contribution < 1.29 is 9.84 Å². The first-order valence-electron chi connectivity index (χ1n) is 5.31. The minimum Gasteiger partial charge on any atom is -0.489 e. The smallest absolute Gasteiger partial charge is 0.125 e. The first-order chi connectivity index (χ1) is 7.54. The average Bonchev–Trinajstić information content (AvgIpc) is 2.26. The predicted octanol–water partition coefficient (Wildman–Crippen LogP) is 3.85. The fourth-order valence-electron chi connectivity index (χ4n) is 1.26. The molecule has 0 amide bonds. The maximum atomic E-state index is 9.63. The minimum absolute atomic E-state index is 0.498. The summed E-state index contributed by atoms with van der Waals surface area (Å²) in [7, 11) is 0. The van der Waals surface area contributed by atoms with Gasteiger partial charge >= 0.3 is 0 Å².